The Balaban J connectivity index is 2.90. The number of hydrogen-bond donors (Lipinski definition) is 1. The number of nitrogens with one attached hydrogen (secondary N) is 1. The first kappa shape index (κ1) is 18.2. The molecule has 0 spiro atoms. The molecule has 1 aromatic carbocycles. The standard InChI is InChI=1S/C19H34N2/c1-8-20-18(17-12-10-9-11-13-17)19(5,6)14-21(7)16(4)15(2)3/h9-13,15-16,18,20H,8,14H2,1-7H3. The number of nitrogens with zero attached hydrogens (tertiary/aromatic N) is 1. The molecule has 0 aliphatic heterocycles. The van der Waals surface area contributed by atoms with Gasteiger partial charge in [-0.2, -0.15) is 0 Å². The van der Waals surface area contributed by atoms with E-state index in [9.17, 15) is 0 Å². The van der Waals surface area contributed by atoms with Crippen LogP contribution < -0.4 is 5.32 Å². The maximum absolute atomic E-state index is 3.69. The quantitative estimate of drug-likeness (QED) is 0.766. The maximum Gasteiger partial charge on any atom is 0.0384 e. The van der Waals surface area contributed by atoms with Gasteiger partial charge in [0, 0.05) is 18.6 Å². The molecule has 120 valence electrons. The second kappa shape index (κ2) is 7.95. The van der Waals surface area contributed by atoms with Gasteiger partial charge in [-0.1, -0.05) is 65.0 Å². The molecule has 0 fully saturated rings. The first-order chi connectivity index (χ1) is 9.79. The monoisotopic (exact) mass is 290 g/mol. The molecule has 0 aliphatic rings. The lowest BCUT2D eigenvalue weighted by atomic mass is 9.79. The van der Waals surface area contributed by atoms with Gasteiger partial charge in [0.1, 0.15) is 0 Å². The van der Waals surface area contributed by atoms with Crippen LogP contribution in [0.3, 0.4) is 0 Å². The fourth-order valence-electron chi connectivity index (χ4n) is 3.08. The summed E-state index contributed by atoms with van der Waals surface area (Å²) in [5.74, 6) is 0.681. The molecule has 2 atom stereocenters. The van der Waals surface area contributed by atoms with Crippen molar-refractivity contribution in [1.29, 1.82) is 0 Å². The lowest BCUT2D eigenvalue weighted by molar-refractivity contribution is 0.111. The SMILES string of the molecule is CCNC(c1ccccc1)C(C)(C)CN(C)C(C)C(C)C. The number of hydrogen-bond acceptors (Lipinski definition) is 2. The average Bonchev–Trinajstić information content (AvgIpc) is 2.43. The number of rotatable bonds is 8. The first-order valence-electron chi connectivity index (χ1n) is 8.28. The van der Waals surface area contributed by atoms with E-state index in [1.807, 2.05) is 0 Å². The molecule has 21 heavy (non-hydrogen) atoms. The summed E-state index contributed by atoms with van der Waals surface area (Å²) in [6, 6.07) is 11.8. The summed E-state index contributed by atoms with van der Waals surface area (Å²) < 4.78 is 0. The molecule has 2 nitrogen and oxygen atoms in total. The van der Waals surface area contributed by atoms with Crippen LogP contribution in [0, 0.1) is 11.3 Å². The van der Waals surface area contributed by atoms with Crippen molar-refractivity contribution in [2.24, 2.45) is 11.3 Å². The Morgan fingerprint density at radius 2 is 1.67 bits per heavy atom. The molecule has 1 rings (SSSR count). The Bertz CT molecular complexity index is 397. The van der Waals surface area contributed by atoms with Crippen molar-refractivity contribution in [2.45, 2.75) is 53.6 Å². The molecule has 2 unspecified atom stereocenters. The van der Waals surface area contributed by atoms with Crippen molar-refractivity contribution in [1.82, 2.24) is 10.2 Å². The maximum atomic E-state index is 3.69. The second-order valence-corrected chi connectivity index (χ2v) is 7.29. The molecular weight excluding hydrogens is 256 g/mol. The van der Waals surface area contributed by atoms with E-state index in [0.29, 0.717) is 18.0 Å². The summed E-state index contributed by atoms with van der Waals surface area (Å²) in [5, 5.41) is 3.69. The molecular formula is C19H34N2. The third-order valence-electron chi connectivity index (χ3n) is 4.64. The molecule has 0 radical (unpaired) electrons. The average molecular weight is 290 g/mol. The van der Waals surface area contributed by atoms with Crippen LogP contribution in [0.5, 0.6) is 0 Å². The zero-order valence-corrected chi connectivity index (χ0v) is 15.0. The van der Waals surface area contributed by atoms with Crippen molar-refractivity contribution in [3.05, 3.63) is 35.9 Å². The van der Waals surface area contributed by atoms with E-state index in [-0.39, 0.29) is 5.41 Å². The third kappa shape index (κ3) is 5.12. The van der Waals surface area contributed by atoms with Crippen LogP contribution >= 0.6 is 0 Å². The van der Waals surface area contributed by atoms with E-state index in [2.05, 4.69) is 89.1 Å². The van der Waals surface area contributed by atoms with Gasteiger partial charge in [-0.3, -0.25) is 0 Å². The normalized spacial score (nSPS) is 15.5. The van der Waals surface area contributed by atoms with Crippen LogP contribution in [0.15, 0.2) is 30.3 Å². The smallest absolute Gasteiger partial charge is 0.0384 e. The van der Waals surface area contributed by atoms with E-state index in [1.54, 1.807) is 0 Å². The molecule has 0 aromatic heterocycles. The van der Waals surface area contributed by atoms with Crippen molar-refractivity contribution < 1.29 is 0 Å². The van der Waals surface area contributed by atoms with Crippen LogP contribution in [-0.2, 0) is 0 Å². The zero-order chi connectivity index (χ0) is 16.0. The minimum Gasteiger partial charge on any atom is -0.310 e. The van der Waals surface area contributed by atoms with Crippen molar-refractivity contribution in [3.8, 4) is 0 Å². The fraction of sp³-hybridized carbons (Fsp3) is 0.684. The predicted molar refractivity (Wildman–Crippen MR) is 93.6 cm³/mol. The Labute approximate surface area is 131 Å². The molecule has 1 aromatic rings. The highest BCUT2D eigenvalue weighted by Crippen LogP contribution is 2.34. The van der Waals surface area contributed by atoms with Gasteiger partial charge < -0.3 is 10.2 Å². The summed E-state index contributed by atoms with van der Waals surface area (Å²) in [6.07, 6.45) is 0. The lowest BCUT2D eigenvalue weighted by Crippen LogP contribution is -2.45. The van der Waals surface area contributed by atoms with Crippen molar-refractivity contribution in [2.75, 3.05) is 20.1 Å². The van der Waals surface area contributed by atoms with Gasteiger partial charge in [0.05, 0.1) is 0 Å². The summed E-state index contributed by atoms with van der Waals surface area (Å²) >= 11 is 0. The van der Waals surface area contributed by atoms with Crippen LogP contribution in [0.4, 0.5) is 0 Å². The fourth-order valence-corrected chi connectivity index (χ4v) is 3.08. The minimum absolute atomic E-state index is 0.176. The van der Waals surface area contributed by atoms with E-state index >= 15 is 0 Å². The summed E-state index contributed by atoms with van der Waals surface area (Å²) in [6.45, 7) is 15.9. The van der Waals surface area contributed by atoms with E-state index in [4.69, 9.17) is 0 Å². The molecule has 2 heteroatoms. The minimum atomic E-state index is 0.176. The molecule has 0 bridgehead atoms. The van der Waals surface area contributed by atoms with E-state index in [1.165, 1.54) is 5.56 Å². The molecule has 0 aliphatic carbocycles. The van der Waals surface area contributed by atoms with Gasteiger partial charge in [-0.15, -0.1) is 0 Å². The van der Waals surface area contributed by atoms with Gasteiger partial charge in [0.25, 0.3) is 0 Å². The Morgan fingerprint density at radius 1 is 1.10 bits per heavy atom. The topological polar surface area (TPSA) is 15.3 Å². The molecule has 0 saturated heterocycles. The predicted octanol–water partition coefficient (Wildman–Crippen LogP) is 4.34. The summed E-state index contributed by atoms with van der Waals surface area (Å²) in [4.78, 5) is 2.50. The highest BCUT2D eigenvalue weighted by molar-refractivity contribution is 5.21. The van der Waals surface area contributed by atoms with Crippen molar-refractivity contribution in [3.63, 3.8) is 0 Å². The van der Waals surface area contributed by atoms with Gasteiger partial charge in [-0.05, 0) is 37.4 Å². The Hall–Kier alpha value is -0.860. The highest BCUT2D eigenvalue weighted by Gasteiger charge is 2.32. The third-order valence-corrected chi connectivity index (χ3v) is 4.64. The van der Waals surface area contributed by atoms with E-state index in [0.717, 1.165) is 13.1 Å². The Morgan fingerprint density at radius 3 is 2.14 bits per heavy atom. The van der Waals surface area contributed by atoms with E-state index < -0.39 is 0 Å². The van der Waals surface area contributed by atoms with Gasteiger partial charge >= 0.3 is 0 Å². The first-order valence-corrected chi connectivity index (χ1v) is 8.28. The van der Waals surface area contributed by atoms with Crippen LogP contribution in [0.1, 0.15) is 53.1 Å². The Kier molecular flexibility index (Phi) is 6.89. The molecule has 0 amide bonds. The van der Waals surface area contributed by atoms with Crippen molar-refractivity contribution >= 4 is 0 Å². The lowest BCUT2D eigenvalue weighted by Gasteiger charge is -2.41. The van der Waals surface area contributed by atoms with Gasteiger partial charge in [0.2, 0.25) is 0 Å². The molecule has 0 saturated carbocycles. The zero-order valence-electron chi connectivity index (χ0n) is 15.0. The van der Waals surface area contributed by atoms with Crippen LogP contribution in [0.25, 0.3) is 0 Å². The largest absolute Gasteiger partial charge is 0.310 e. The van der Waals surface area contributed by atoms with Crippen LogP contribution in [0.2, 0.25) is 0 Å². The summed E-state index contributed by atoms with van der Waals surface area (Å²) in [7, 11) is 2.25. The van der Waals surface area contributed by atoms with Gasteiger partial charge in [-0.25, -0.2) is 0 Å². The van der Waals surface area contributed by atoms with Gasteiger partial charge in [0.15, 0.2) is 0 Å². The highest BCUT2D eigenvalue weighted by atomic mass is 15.1. The second-order valence-electron chi connectivity index (χ2n) is 7.29. The molecule has 1 N–H and O–H groups in total. The molecule has 0 heterocycles. The number of benzene rings is 1. The van der Waals surface area contributed by atoms with Crippen LogP contribution in [-0.4, -0.2) is 31.1 Å². The summed E-state index contributed by atoms with van der Waals surface area (Å²) in [5.41, 5.74) is 1.56.